The van der Waals surface area contributed by atoms with Gasteiger partial charge in [0.15, 0.2) is 9.84 Å². The van der Waals surface area contributed by atoms with E-state index >= 15 is 0 Å². The molecule has 4 rings (SSSR count). The van der Waals surface area contributed by atoms with Gasteiger partial charge in [0.05, 0.1) is 5.69 Å². The summed E-state index contributed by atoms with van der Waals surface area (Å²) in [5.74, 6) is -0.116. The molecule has 0 aromatic heterocycles. The van der Waals surface area contributed by atoms with E-state index in [-0.39, 0.29) is 11.4 Å². The van der Waals surface area contributed by atoms with Crippen LogP contribution in [0.4, 0.5) is 10.1 Å². The number of rotatable bonds is 2. The standard InChI is InChI=1S/C16H15FN2O3S/c17-11-5-1-2-7-13(11)23(20,21)14-8-19-15(18)9-22-12-6-3-4-10(14)16(12)19/h1-7,14-15H,8-9,18H2. The molecule has 5 nitrogen and oxygen atoms in total. The molecule has 0 spiro atoms. The second-order valence-electron chi connectivity index (χ2n) is 5.69. The summed E-state index contributed by atoms with van der Waals surface area (Å²) in [5, 5.41) is -0.859. The summed E-state index contributed by atoms with van der Waals surface area (Å²) >= 11 is 0. The average molecular weight is 334 g/mol. The molecule has 0 aliphatic carbocycles. The third-order valence-electron chi connectivity index (χ3n) is 4.35. The first-order chi connectivity index (χ1) is 11.0. The van der Waals surface area contributed by atoms with Gasteiger partial charge in [0.25, 0.3) is 0 Å². The zero-order valence-electron chi connectivity index (χ0n) is 12.1. The Kier molecular flexibility index (Phi) is 3.11. The number of anilines is 1. The molecular weight excluding hydrogens is 319 g/mol. The number of sulfone groups is 1. The van der Waals surface area contributed by atoms with Crippen molar-refractivity contribution < 1.29 is 17.5 Å². The van der Waals surface area contributed by atoms with Gasteiger partial charge in [0.1, 0.15) is 34.5 Å². The Bertz CT molecular complexity index is 885. The van der Waals surface area contributed by atoms with Crippen molar-refractivity contribution >= 4 is 15.5 Å². The van der Waals surface area contributed by atoms with Crippen LogP contribution in [-0.2, 0) is 9.84 Å². The molecular formula is C16H15FN2O3S. The molecule has 2 atom stereocenters. The van der Waals surface area contributed by atoms with Gasteiger partial charge < -0.3 is 15.4 Å². The van der Waals surface area contributed by atoms with E-state index in [0.29, 0.717) is 23.6 Å². The Balaban J connectivity index is 1.87. The van der Waals surface area contributed by atoms with Gasteiger partial charge in [-0.05, 0) is 23.8 Å². The van der Waals surface area contributed by atoms with Gasteiger partial charge >= 0.3 is 0 Å². The van der Waals surface area contributed by atoms with E-state index in [1.54, 1.807) is 18.2 Å². The lowest BCUT2D eigenvalue weighted by atomic mass is 10.1. The molecule has 0 bridgehead atoms. The molecule has 0 radical (unpaired) electrons. The van der Waals surface area contributed by atoms with Crippen molar-refractivity contribution in [2.75, 3.05) is 18.1 Å². The largest absolute Gasteiger partial charge is 0.488 e. The summed E-state index contributed by atoms with van der Waals surface area (Å²) in [5.41, 5.74) is 7.36. The van der Waals surface area contributed by atoms with Crippen LogP contribution in [0.1, 0.15) is 10.8 Å². The maximum absolute atomic E-state index is 14.0. The third kappa shape index (κ3) is 2.04. The molecule has 2 unspecified atom stereocenters. The van der Waals surface area contributed by atoms with Crippen LogP contribution in [0.3, 0.4) is 0 Å². The van der Waals surface area contributed by atoms with Crippen molar-refractivity contribution in [3.63, 3.8) is 0 Å². The number of benzene rings is 2. The van der Waals surface area contributed by atoms with E-state index in [1.165, 1.54) is 18.2 Å². The smallest absolute Gasteiger partial charge is 0.190 e. The summed E-state index contributed by atoms with van der Waals surface area (Å²) in [7, 11) is -3.87. The Morgan fingerprint density at radius 2 is 1.96 bits per heavy atom. The van der Waals surface area contributed by atoms with Gasteiger partial charge in [-0.2, -0.15) is 0 Å². The van der Waals surface area contributed by atoms with Crippen LogP contribution in [0.2, 0.25) is 0 Å². The highest BCUT2D eigenvalue weighted by Gasteiger charge is 2.44. The third-order valence-corrected chi connectivity index (χ3v) is 6.45. The Morgan fingerprint density at radius 3 is 2.74 bits per heavy atom. The second-order valence-corrected chi connectivity index (χ2v) is 7.79. The zero-order valence-corrected chi connectivity index (χ0v) is 13.0. The topological polar surface area (TPSA) is 72.6 Å². The van der Waals surface area contributed by atoms with Gasteiger partial charge in [0.2, 0.25) is 0 Å². The first kappa shape index (κ1) is 14.5. The van der Waals surface area contributed by atoms with E-state index < -0.39 is 27.1 Å². The molecule has 2 aromatic carbocycles. The van der Waals surface area contributed by atoms with Crippen LogP contribution in [0.5, 0.6) is 5.75 Å². The number of para-hydroxylation sites is 1. The second kappa shape index (κ2) is 4.94. The molecule has 2 aliphatic rings. The van der Waals surface area contributed by atoms with E-state index in [4.69, 9.17) is 10.5 Å². The molecule has 2 heterocycles. The fourth-order valence-electron chi connectivity index (χ4n) is 3.25. The first-order valence-electron chi connectivity index (χ1n) is 7.26. The molecule has 0 fully saturated rings. The molecule has 2 N–H and O–H groups in total. The van der Waals surface area contributed by atoms with Crippen LogP contribution >= 0.6 is 0 Å². The van der Waals surface area contributed by atoms with Gasteiger partial charge in [0, 0.05) is 6.54 Å². The molecule has 120 valence electrons. The lowest BCUT2D eigenvalue weighted by Gasteiger charge is -2.33. The first-order valence-corrected chi connectivity index (χ1v) is 8.81. The highest BCUT2D eigenvalue weighted by Crippen LogP contribution is 2.48. The molecule has 0 amide bonds. The van der Waals surface area contributed by atoms with Crippen LogP contribution in [0.15, 0.2) is 47.4 Å². The minimum absolute atomic E-state index is 0.202. The monoisotopic (exact) mass is 334 g/mol. The Hall–Kier alpha value is -2.12. The number of nitrogens with zero attached hydrogens (tertiary/aromatic N) is 1. The normalized spacial score (nSPS) is 22.6. The van der Waals surface area contributed by atoms with Crippen molar-refractivity contribution in [3.8, 4) is 5.75 Å². The minimum atomic E-state index is -3.87. The van der Waals surface area contributed by atoms with Crippen LogP contribution in [-0.4, -0.2) is 27.7 Å². The highest BCUT2D eigenvalue weighted by molar-refractivity contribution is 7.91. The zero-order chi connectivity index (χ0) is 16.2. The van der Waals surface area contributed by atoms with E-state index in [2.05, 4.69) is 0 Å². The van der Waals surface area contributed by atoms with Crippen molar-refractivity contribution in [1.82, 2.24) is 0 Å². The summed E-state index contributed by atoms with van der Waals surface area (Å²) in [4.78, 5) is 1.55. The van der Waals surface area contributed by atoms with E-state index in [9.17, 15) is 12.8 Å². The van der Waals surface area contributed by atoms with Crippen molar-refractivity contribution in [1.29, 1.82) is 0 Å². The summed E-state index contributed by atoms with van der Waals surface area (Å²) in [6.07, 6.45) is -0.413. The fraction of sp³-hybridized carbons (Fsp3) is 0.250. The maximum Gasteiger partial charge on any atom is 0.190 e. The lowest BCUT2D eigenvalue weighted by Crippen LogP contribution is -2.48. The van der Waals surface area contributed by atoms with Gasteiger partial charge in [-0.1, -0.05) is 24.3 Å². The maximum atomic E-state index is 14.0. The quantitative estimate of drug-likeness (QED) is 0.907. The SMILES string of the molecule is NC1COc2cccc3c2N1CC3S(=O)(=O)c1ccccc1F. The summed E-state index contributed by atoms with van der Waals surface area (Å²) in [6, 6.07) is 10.7. The number of hydrogen-bond donors (Lipinski definition) is 1. The van der Waals surface area contributed by atoms with Crippen LogP contribution < -0.4 is 15.4 Å². The van der Waals surface area contributed by atoms with Crippen molar-refractivity contribution in [2.45, 2.75) is 16.3 Å². The van der Waals surface area contributed by atoms with Crippen LogP contribution in [0, 0.1) is 5.82 Å². The van der Waals surface area contributed by atoms with Crippen LogP contribution in [0.25, 0.3) is 0 Å². The Morgan fingerprint density at radius 1 is 1.17 bits per heavy atom. The number of nitrogens with two attached hydrogens (primary N) is 1. The number of ether oxygens (including phenoxy) is 1. The average Bonchev–Trinajstić information content (AvgIpc) is 2.94. The van der Waals surface area contributed by atoms with E-state index in [1.807, 2.05) is 4.90 Å². The highest BCUT2D eigenvalue weighted by atomic mass is 32.2. The molecule has 7 heteroatoms. The Labute approximate surface area is 133 Å². The minimum Gasteiger partial charge on any atom is -0.488 e. The molecule has 23 heavy (non-hydrogen) atoms. The predicted molar refractivity (Wildman–Crippen MR) is 83.6 cm³/mol. The number of halogens is 1. The molecule has 0 saturated heterocycles. The number of hydrogen-bond acceptors (Lipinski definition) is 5. The van der Waals surface area contributed by atoms with Gasteiger partial charge in [-0.3, -0.25) is 0 Å². The van der Waals surface area contributed by atoms with Gasteiger partial charge in [-0.25, -0.2) is 12.8 Å². The molecule has 2 aromatic rings. The van der Waals surface area contributed by atoms with Crippen molar-refractivity contribution in [3.05, 3.63) is 53.8 Å². The van der Waals surface area contributed by atoms with E-state index in [0.717, 1.165) is 6.07 Å². The predicted octanol–water partition coefficient (Wildman–Crippen LogP) is 1.84. The van der Waals surface area contributed by atoms with Crippen molar-refractivity contribution in [2.24, 2.45) is 5.73 Å². The summed E-state index contributed by atoms with van der Waals surface area (Å²) in [6.45, 7) is 0.496. The molecule has 2 aliphatic heterocycles. The van der Waals surface area contributed by atoms with Gasteiger partial charge in [-0.15, -0.1) is 0 Å². The summed E-state index contributed by atoms with van der Waals surface area (Å²) < 4.78 is 45.5. The fourth-order valence-corrected chi connectivity index (χ4v) is 5.05. The molecule has 0 saturated carbocycles. The lowest BCUT2D eigenvalue weighted by molar-refractivity contribution is 0.267.